The second-order valence-electron chi connectivity index (χ2n) is 6.78. The van der Waals surface area contributed by atoms with Gasteiger partial charge in [0.1, 0.15) is 12.4 Å². The van der Waals surface area contributed by atoms with E-state index in [1.54, 1.807) is 11.8 Å². The standard InChI is InChI=1S/C19H22ClN5O2S/c1-3-6-16-21-18(27-24-16)12(2)28-19-23-22-17(25(19)13-9-10-13)11-26-15-8-5-4-7-14(15)20/h4-5,7-8,12-13H,3,6,9-11H2,1-2H3. The lowest BCUT2D eigenvalue weighted by atomic mass is 10.3. The molecule has 1 aliphatic rings. The lowest BCUT2D eigenvalue weighted by molar-refractivity contribution is 0.288. The lowest BCUT2D eigenvalue weighted by Gasteiger charge is -2.11. The van der Waals surface area contributed by atoms with Gasteiger partial charge in [-0.1, -0.05) is 47.6 Å². The quantitative estimate of drug-likeness (QED) is 0.450. The zero-order valence-electron chi connectivity index (χ0n) is 15.8. The summed E-state index contributed by atoms with van der Waals surface area (Å²) in [5, 5.41) is 14.2. The number of para-hydroxylation sites is 1. The van der Waals surface area contributed by atoms with Gasteiger partial charge in [0.05, 0.1) is 10.3 Å². The molecule has 0 amide bonds. The number of nitrogens with zero attached hydrogens (tertiary/aromatic N) is 5. The van der Waals surface area contributed by atoms with Crippen LogP contribution in [0.3, 0.4) is 0 Å². The topological polar surface area (TPSA) is 78.9 Å². The minimum Gasteiger partial charge on any atom is -0.484 e. The minimum atomic E-state index is -0.00265. The van der Waals surface area contributed by atoms with Crippen molar-refractivity contribution in [3.8, 4) is 5.75 Å². The fraction of sp³-hybridized carbons (Fsp3) is 0.474. The predicted molar refractivity (Wildman–Crippen MR) is 107 cm³/mol. The first-order valence-electron chi connectivity index (χ1n) is 9.46. The van der Waals surface area contributed by atoms with Crippen LogP contribution in [0.5, 0.6) is 5.75 Å². The first kappa shape index (κ1) is 19.3. The second-order valence-corrected chi connectivity index (χ2v) is 8.49. The van der Waals surface area contributed by atoms with E-state index in [1.807, 2.05) is 31.2 Å². The third kappa shape index (κ3) is 4.33. The molecule has 1 fully saturated rings. The second kappa shape index (κ2) is 8.53. The van der Waals surface area contributed by atoms with E-state index in [4.69, 9.17) is 20.9 Å². The fourth-order valence-corrected chi connectivity index (χ4v) is 4.02. The van der Waals surface area contributed by atoms with Gasteiger partial charge < -0.3 is 9.26 Å². The maximum absolute atomic E-state index is 6.18. The van der Waals surface area contributed by atoms with Crippen molar-refractivity contribution in [2.45, 2.75) is 62.6 Å². The average Bonchev–Trinajstić information content (AvgIpc) is 3.28. The number of benzene rings is 1. The zero-order chi connectivity index (χ0) is 19.5. The third-order valence-electron chi connectivity index (χ3n) is 4.43. The molecule has 0 bridgehead atoms. The van der Waals surface area contributed by atoms with E-state index in [2.05, 4.69) is 31.8 Å². The number of thioether (sulfide) groups is 1. The first-order chi connectivity index (χ1) is 13.7. The third-order valence-corrected chi connectivity index (χ3v) is 5.78. The largest absolute Gasteiger partial charge is 0.484 e. The highest BCUT2D eigenvalue weighted by molar-refractivity contribution is 7.99. The zero-order valence-corrected chi connectivity index (χ0v) is 17.4. The van der Waals surface area contributed by atoms with Crippen molar-refractivity contribution in [3.63, 3.8) is 0 Å². The molecule has 1 unspecified atom stereocenters. The molecular formula is C19H22ClN5O2S. The Morgan fingerprint density at radius 1 is 1.32 bits per heavy atom. The molecule has 0 N–H and O–H groups in total. The Labute approximate surface area is 172 Å². The average molecular weight is 420 g/mol. The maximum atomic E-state index is 6.18. The van der Waals surface area contributed by atoms with Crippen LogP contribution >= 0.6 is 23.4 Å². The molecule has 0 radical (unpaired) electrons. The lowest BCUT2D eigenvalue weighted by Crippen LogP contribution is -2.07. The summed E-state index contributed by atoms with van der Waals surface area (Å²) in [5.41, 5.74) is 0. The summed E-state index contributed by atoms with van der Waals surface area (Å²) in [6, 6.07) is 7.85. The van der Waals surface area contributed by atoms with Crippen molar-refractivity contribution in [2.24, 2.45) is 0 Å². The Hall–Kier alpha value is -2.06. The Balaban J connectivity index is 1.48. The molecule has 7 nitrogen and oxygen atoms in total. The Bertz CT molecular complexity index is 940. The Morgan fingerprint density at radius 2 is 2.14 bits per heavy atom. The molecule has 1 saturated carbocycles. The number of ether oxygens (including phenoxy) is 1. The molecule has 2 aromatic heterocycles. The van der Waals surface area contributed by atoms with Crippen molar-refractivity contribution in [1.29, 1.82) is 0 Å². The van der Waals surface area contributed by atoms with E-state index >= 15 is 0 Å². The van der Waals surface area contributed by atoms with Crippen LogP contribution in [-0.4, -0.2) is 24.9 Å². The molecule has 1 atom stereocenters. The monoisotopic (exact) mass is 419 g/mol. The fourth-order valence-electron chi connectivity index (χ4n) is 2.86. The van der Waals surface area contributed by atoms with Crippen LogP contribution in [0.2, 0.25) is 5.02 Å². The first-order valence-corrected chi connectivity index (χ1v) is 10.7. The van der Waals surface area contributed by atoms with Gasteiger partial charge >= 0.3 is 0 Å². The number of rotatable bonds is 9. The van der Waals surface area contributed by atoms with Crippen molar-refractivity contribution >= 4 is 23.4 Å². The highest BCUT2D eigenvalue weighted by atomic mass is 35.5. The van der Waals surface area contributed by atoms with Crippen LogP contribution in [0, 0.1) is 0 Å². The minimum absolute atomic E-state index is 0.00265. The SMILES string of the molecule is CCCc1noc(C(C)Sc2nnc(COc3ccccc3Cl)n2C2CC2)n1. The van der Waals surface area contributed by atoms with Crippen molar-refractivity contribution in [1.82, 2.24) is 24.9 Å². The summed E-state index contributed by atoms with van der Waals surface area (Å²) in [6.07, 6.45) is 4.06. The van der Waals surface area contributed by atoms with E-state index in [0.29, 0.717) is 29.3 Å². The van der Waals surface area contributed by atoms with Crippen molar-refractivity contribution in [2.75, 3.05) is 0 Å². The molecule has 0 spiro atoms. The normalized spacial score (nSPS) is 15.0. The highest BCUT2D eigenvalue weighted by Gasteiger charge is 2.31. The molecular weight excluding hydrogens is 398 g/mol. The molecule has 1 aliphatic carbocycles. The number of halogens is 1. The van der Waals surface area contributed by atoms with Crippen molar-refractivity contribution in [3.05, 3.63) is 46.8 Å². The molecule has 28 heavy (non-hydrogen) atoms. The Kier molecular flexibility index (Phi) is 5.87. The molecule has 4 rings (SSSR count). The van der Waals surface area contributed by atoms with E-state index < -0.39 is 0 Å². The van der Waals surface area contributed by atoms with E-state index in [9.17, 15) is 0 Å². The summed E-state index contributed by atoms with van der Waals surface area (Å²) in [7, 11) is 0. The van der Waals surface area contributed by atoms with Crippen molar-refractivity contribution < 1.29 is 9.26 Å². The summed E-state index contributed by atoms with van der Waals surface area (Å²) in [6.45, 7) is 4.46. The van der Waals surface area contributed by atoms with Gasteiger partial charge in [0.25, 0.3) is 0 Å². The summed E-state index contributed by atoms with van der Waals surface area (Å²) < 4.78 is 13.5. The molecule has 0 saturated heterocycles. The van der Waals surface area contributed by atoms with Gasteiger partial charge in [0, 0.05) is 12.5 Å². The molecule has 3 aromatic rings. The molecule has 2 heterocycles. The number of hydrogen-bond acceptors (Lipinski definition) is 7. The van der Waals surface area contributed by atoms with Crippen LogP contribution in [0.15, 0.2) is 33.9 Å². The van der Waals surface area contributed by atoms with E-state index in [0.717, 1.165) is 42.5 Å². The van der Waals surface area contributed by atoms with E-state index in [-0.39, 0.29) is 5.25 Å². The molecule has 148 valence electrons. The van der Waals surface area contributed by atoms with Gasteiger partial charge in [-0.15, -0.1) is 10.2 Å². The smallest absolute Gasteiger partial charge is 0.239 e. The van der Waals surface area contributed by atoms with Crippen LogP contribution in [-0.2, 0) is 13.0 Å². The summed E-state index contributed by atoms with van der Waals surface area (Å²) >= 11 is 7.76. The summed E-state index contributed by atoms with van der Waals surface area (Å²) in [4.78, 5) is 4.48. The molecule has 0 aliphatic heterocycles. The van der Waals surface area contributed by atoms with Gasteiger partial charge in [-0.05, 0) is 38.3 Å². The molecule has 1 aromatic carbocycles. The predicted octanol–water partition coefficient (Wildman–Crippen LogP) is 5.03. The Morgan fingerprint density at radius 3 is 2.89 bits per heavy atom. The number of aryl methyl sites for hydroxylation is 1. The summed E-state index contributed by atoms with van der Waals surface area (Å²) in [5.74, 6) is 2.82. The van der Waals surface area contributed by atoms with Gasteiger partial charge in [-0.2, -0.15) is 4.98 Å². The van der Waals surface area contributed by atoms with Crippen LogP contribution in [0.25, 0.3) is 0 Å². The van der Waals surface area contributed by atoms with Crippen LogP contribution in [0.4, 0.5) is 0 Å². The van der Waals surface area contributed by atoms with E-state index in [1.165, 1.54) is 0 Å². The van der Waals surface area contributed by atoms with Gasteiger partial charge in [0.2, 0.25) is 5.89 Å². The molecule has 9 heteroatoms. The number of hydrogen-bond donors (Lipinski definition) is 0. The van der Waals surface area contributed by atoms with Crippen LogP contribution < -0.4 is 4.74 Å². The van der Waals surface area contributed by atoms with Gasteiger partial charge in [0.15, 0.2) is 16.8 Å². The highest BCUT2D eigenvalue weighted by Crippen LogP contribution is 2.42. The van der Waals surface area contributed by atoms with Gasteiger partial charge in [-0.3, -0.25) is 4.57 Å². The maximum Gasteiger partial charge on any atom is 0.239 e. The van der Waals surface area contributed by atoms with Crippen LogP contribution in [0.1, 0.15) is 61.9 Å². The number of aromatic nitrogens is 5. The van der Waals surface area contributed by atoms with Gasteiger partial charge in [-0.25, -0.2) is 0 Å².